The zero-order chi connectivity index (χ0) is 22.9. The lowest BCUT2D eigenvalue weighted by Gasteiger charge is -2.27. The summed E-state index contributed by atoms with van der Waals surface area (Å²) in [5, 5.41) is 2.76. The van der Waals surface area contributed by atoms with Crippen molar-refractivity contribution in [2.45, 2.75) is 57.3 Å². The lowest BCUT2D eigenvalue weighted by Crippen LogP contribution is -2.43. The number of rotatable bonds is 9. The van der Waals surface area contributed by atoms with Crippen LogP contribution in [0, 0.1) is 5.92 Å². The number of aromatic nitrogens is 1. The fourth-order valence-corrected chi connectivity index (χ4v) is 3.88. The Balaban J connectivity index is 1.90. The van der Waals surface area contributed by atoms with E-state index in [4.69, 9.17) is 10.5 Å². The molecule has 2 aromatic rings. The van der Waals surface area contributed by atoms with Crippen LogP contribution in [-0.2, 0) is 16.5 Å². The average Bonchev–Trinajstić information content (AvgIpc) is 3.46. The Kier molecular flexibility index (Phi) is 6.32. The molecule has 0 saturated heterocycles. The number of ether oxygens (including phenoxy) is 1. The second-order valence-corrected chi connectivity index (χ2v) is 9.02. The van der Waals surface area contributed by atoms with E-state index >= 15 is 0 Å². The minimum atomic E-state index is -4.58. The maximum absolute atomic E-state index is 13.8. The second-order valence-electron chi connectivity index (χ2n) is 9.02. The molecular formula is C23H28F3N3O2. The van der Waals surface area contributed by atoms with Crippen molar-refractivity contribution in [2.75, 3.05) is 6.61 Å². The summed E-state index contributed by atoms with van der Waals surface area (Å²) in [5.41, 5.74) is 5.70. The Morgan fingerprint density at radius 1 is 1.23 bits per heavy atom. The highest BCUT2D eigenvalue weighted by Gasteiger charge is 2.45. The van der Waals surface area contributed by atoms with Gasteiger partial charge in [0.1, 0.15) is 12.4 Å². The Labute approximate surface area is 180 Å². The van der Waals surface area contributed by atoms with Crippen LogP contribution in [0.4, 0.5) is 13.2 Å². The highest BCUT2D eigenvalue weighted by atomic mass is 19.4. The number of hydrogen-bond acceptors (Lipinski definition) is 4. The molecule has 0 bridgehead atoms. The van der Waals surface area contributed by atoms with Gasteiger partial charge in [-0.15, -0.1) is 0 Å². The minimum Gasteiger partial charge on any atom is -0.491 e. The monoisotopic (exact) mass is 435 g/mol. The number of nitrogens with two attached hydrogens (primary N) is 1. The molecule has 1 heterocycles. The van der Waals surface area contributed by atoms with Crippen LogP contribution in [-0.4, -0.2) is 23.5 Å². The van der Waals surface area contributed by atoms with Crippen LogP contribution >= 0.6 is 0 Å². The summed E-state index contributed by atoms with van der Waals surface area (Å²) in [6.07, 6.45) is -0.293. The molecule has 1 aliphatic rings. The zero-order valence-corrected chi connectivity index (χ0v) is 17.9. The van der Waals surface area contributed by atoms with Gasteiger partial charge in [-0.1, -0.05) is 19.9 Å². The molecule has 0 aliphatic heterocycles. The molecule has 168 valence electrons. The van der Waals surface area contributed by atoms with Gasteiger partial charge >= 0.3 is 6.18 Å². The predicted octanol–water partition coefficient (Wildman–Crippen LogP) is 4.64. The number of hydrogen-bond donors (Lipinski definition) is 2. The molecule has 1 aliphatic carbocycles. The van der Waals surface area contributed by atoms with Crippen molar-refractivity contribution < 1.29 is 22.7 Å². The van der Waals surface area contributed by atoms with Gasteiger partial charge < -0.3 is 15.8 Å². The van der Waals surface area contributed by atoms with Crippen LogP contribution in [0.1, 0.15) is 51.3 Å². The maximum atomic E-state index is 13.8. The molecule has 1 aromatic carbocycles. The van der Waals surface area contributed by atoms with E-state index in [1.807, 2.05) is 13.8 Å². The summed E-state index contributed by atoms with van der Waals surface area (Å²) < 4.78 is 46.9. The number of carbonyl (C=O) groups excluding carboxylic acids is 1. The molecule has 1 saturated carbocycles. The van der Waals surface area contributed by atoms with E-state index in [1.54, 1.807) is 31.3 Å². The van der Waals surface area contributed by atoms with Gasteiger partial charge in [0.2, 0.25) is 6.41 Å². The largest absolute Gasteiger partial charge is 0.491 e. The highest BCUT2D eigenvalue weighted by molar-refractivity contribution is 5.67. The lowest BCUT2D eigenvalue weighted by atomic mass is 9.93. The standard InChI is InChI=1S/C23H28F3N3O2/c1-15(2)12-21(3,27)13-31-19-5-4-16(10-18(19)23(24,25)26)17-6-9-28-20(11-17)22(7-8-22)29-14-30/h4-6,9-11,14-15H,7-8,12-13,27H2,1-3H3,(H,29,30)/t21-/m0/s1. The maximum Gasteiger partial charge on any atom is 0.419 e. The van der Waals surface area contributed by atoms with Gasteiger partial charge in [0, 0.05) is 11.7 Å². The number of carbonyl (C=O) groups is 1. The second kappa shape index (κ2) is 8.49. The Morgan fingerprint density at radius 3 is 2.48 bits per heavy atom. The Morgan fingerprint density at radius 2 is 1.90 bits per heavy atom. The van der Waals surface area contributed by atoms with Crippen LogP contribution in [0.15, 0.2) is 36.5 Å². The summed E-state index contributed by atoms with van der Waals surface area (Å²) in [7, 11) is 0. The van der Waals surface area contributed by atoms with E-state index in [0.717, 1.165) is 18.9 Å². The van der Waals surface area contributed by atoms with Crippen LogP contribution in [0.2, 0.25) is 0 Å². The molecule has 1 fully saturated rings. The van der Waals surface area contributed by atoms with Crippen molar-refractivity contribution in [2.24, 2.45) is 11.7 Å². The Hall–Kier alpha value is -2.61. The first-order chi connectivity index (χ1) is 14.5. The third kappa shape index (κ3) is 5.55. The first-order valence-electron chi connectivity index (χ1n) is 10.3. The molecule has 0 radical (unpaired) electrons. The summed E-state index contributed by atoms with van der Waals surface area (Å²) >= 11 is 0. The van der Waals surface area contributed by atoms with Gasteiger partial charge in [-0.05, 0) is 67.5 Å². The number of benzene rings is 1. The molecule has 5 nitrogen and oxygen atoms in total. The number of alkyl halides is 3. The quantitative estimate of drug-likeness (QED) is 0.563. The smallest absolute Gasteiger partial charge is 0.419 e. The third-order valence-electron chi connectivity index (χ3n) is 5.39. The number of amides is 1. The van der Waals surface area contributed by atoms with Crippen LogP contribution in [0.25, 0.3) is 11.1 Å². The minimum absolute atomic E-state index is 0.0209. The summed E-state index contributed by atoms with van der Waals surface area (Å²) in [6.45, 7) is 5.75. The van der Waals surface area contributed by atoms with Crippen molar-refractivity contribution in [3.63, 3.8) is 0 Å². The summed E-state index contributed by atoms with van der Waals surface area (Å²) in [5.74, 6) is 0.0552. The molecule has 3 rings (SSSR count). The van der Waals surface area contributed by atoms with Gasteiger partial charge in [0.25, 0.3) is 0 Å². The van der Waals surface area contributed by atoms with E-state index in [0.29, 0.717) is 35.6 Å². The van der Waals surface area contributed by atoms with Crippen LogP contribution in [0.5, 0.6) is 5.75 Å². The highest BCUT2D eigenvalue weighted by Crippen LogP contribution is 2.45. The van der Waals surface area contributed by atoms with E-state index < -0.39 is 22.8 Å². The van der Waals surface area contributed by atoms with E-state index in [9.17, 15) is 18.0 Å². The van der Waals surface area contributed by atoms with Gasteiger partial charge in [-0.2, -0.15) is 13.2 Å². The average molecular weight is 435 g/mol. The number of pyridine rings is 1. The van der Waals surface area contributed by atoms with Gasteiger partial charge in [-0.25, -0.2) is 0 Å². The van der Waals surface area contributed by atoms with Crippen molar-refractivity contribution in [1.82, 2.24) is 10.3 Å². The van der Waals surface area contributed by atoms with Crippen molar-refractivity contribution in [1.29, 1.82) is 0 Å². The zero-order valence-electron chi connectivity index (χ0n) is 17.9. The molecular weight excluding hydrogens is 407 g/mol. The molecule has 1 atom stereocenters. The first kappa shape index (κ1) is 23.1. The van der Waals surface area contributed by atoms with Crippen molar-refractivity contribution >= 4 is 6.41 Å². The summed E-state index contributed by atoms with van der Waals surface area (Å²) in [6, 6.07) is 7.37. The Bertz CT molecular complexity index is 938. The molecule has 0 spiro atoms. The molecule has 0 unspecified atom stereocenters. The molecule has 8 heteroatoms. The van der Waals surface area contributed by atoms with Crippen LogP contribution in [0.3, 0.4) is 0 Å². The van der Waals surface area contributed by atoms with Gasteiger partial charge in [-0.3, -0.25) is 9.78 Å². The summed E-state index contributed by atoms with van der Waals surface area (Å²) in [4.78, 5) is 15.2. The van der Waals surface area contributed by atoms with Gasteiger partial charge in [0.15, 0.2) is 0 Å². The van der Waals surface area contributed by atoms with Crippen molar-refractivity contribution in [3.8, 4) is 16.9 Å². The lowest BCUT2D eigenvalue weighted by molar-refractivity contribution is -0.139. The molecule has 1 aromatic heterocycles. The van der Waals surface area contributed by atoms with Gasteiger partial charge in [0.05, 0.1) is 16.8 Å². The molecule has 3 N–H and O–H groups in total. The fraction of sp³-hybridized carbons (Fsp3) is 0.478. The van der Waals surface area contributed by atoms with Crippen LogP contribution < -0.4 is 15.8 Å². The van der Waals surface area contributed by atoms with Crippen molar-refractivity contribution in [3.05, 3.63) is 47.8 Å². The van der Waals surface area contributed by atoms with E-state index in [-0.39, 0.29) is 12.4 Å². The molecule has 31 heavy (non-hydrogen) atoms. The fourth-order valence-electron chi connectivity index (χ4n) is 3.88. The third-order valence-corrected chi connectivity index (χ3v) is 5.39. The van der Waals surface area contributed by atoms with E-state index in [1.165, 1.54) is 6.07 Å². The predicted molar refractivity (Wildman–Crippen MR) is 112 cm³/mol. The van der Waals surface area contributed by atoms with E-state index in [2.05, 4.69) is 10.3 Å². The first-order valence-corrected chi connectivity index (χ1v) is 10.3. The SMILES string of the molecule is CC(C)C[C@](C)(N)COc1ccc(-c2ccnc(C3(NC=O)CC3)c2)cc1C(F)(F)F. The number of nitrogens with zero attached hydrogens (tertiary/aromatic N) is 1. The number of halogens is 3. The molecule has 1 amide bonds. The topological polar surface area (TPSA) is 77.2 Å². The number of nitrogens with one attached hydrogen (secondary N) is 1. The normalized spacial score (nSPS) is 17.2.